The fourth-order valence-electron chi connectivity index (χ4n) is 2.41. The molecule has 1 spiro atoms. The van der Waals surface area contributed by atoms with E-state index in [2.05, 4.69) is 15.6 Å². The Labute approximate surface area is 130 Å². The van der Waals surface area contributed by atoms with Gasteiger partial charge in [0.15, 0.2) is 10.1 Å². The number of para-hydroxylation sites is 1. The number of nitrogens with zero attached hydrogens (tertiary/aromatic N) is 2. The van der Waals surface area contributed by atoms with E-state index in [-0.39, 0.29) is 5.91 Å². The number of pyridine rings is 1. The molecule has 1 fully saturated rings. The zero-order valence-corrected chi connectivity index (χ0v) is 12.4. The second kappa shape index (κ2) is 4.44. The van der Waals surface area contributed by atoms with Crippen molar-refractivity contribution in [2.24, 2.45) is 0 Å². The number of thiocarbonyl (C=S) groups is 1. The number of rotatable bonds is 1. The lowest BCUT2D eigenvalue weighted by Gasteiger charge is -2.21. The molecule has 1 amide bonds. The summed E-state index contributed by atoms with van der Waals surface area (Å²) in [6, 6.07) is 13.1. The molecule has 0 bridgehead atoms. The molecule has 1 atom stereocenters. The van der Waals surface area contributed by atoms with Gasteiger partial charge < -0.3 is 10.6 Å². The van der Waals surface area contributed by atoms with Crippen LogP contribution in [0.4, 0.5) is 17.2 Å². The van der Waals surface area contributed by atoms with E-state index in [1.165, 1.54) is 11.8 Å². The molecule has 0 radical (unpaired) electrons. The van der Waals surface area contributed by atoms with Crippen molar-refractivity contribution in [3.63, 3.8) is 0 Å². The van der Waals surface area contributed by atoms with Crippen LogP contribution < -0.4 is 15.5 Å². The Morgan fingerprint density at radius 1 is 1.14 bits per heavy atom. The van der Waals surface area contributed by atoms with Crippen molar-refractivity contribution >= 4 is 51.4 Å². The normalized spacial score (nSPS) is 23.1. The summed E-state index contributed by atoms with van der Waals surface area (Å²) >= 11 is 6.68. The van der Waals surface area contributed by atoms with Crippen LogP contribution in [-0.2, 0) is 4.79 Å². The summed E-state index contributed by atoms with van der Waals surface area (Å²) in [7, 11) is 0. The molecule has 4 rings (SSSR count). The van der Waals surface area contributed by atoms with Crippen molar-refractivity contribution in [1.29, 1.82) is 0 Å². The number of thioether (sulfide) groups is 1. The lowest BCUT2D eigenvalue weighted by Crippen LogP contribution is -2.48. The number of hydrogen-bond acceptors (Lipinski definition) is 6. The number of hydrogen-bond donors (Lipinski definition) is 2. The summed E-state index contributed by atoms with van der Waals surface area (Å²) in [6.07, 6.45) is 1.68. The highest BCUT2D eigenvalue weighted by molar-refractivity contribution is 8.25. The van der Waals surface area contributed by atoms with Gasteiger partial charge in [-0.3, -0.25) is 9.69 Å². The van der Waals surface area contributed by atoms with Gasteiger partial charge in [-0.1, -0.05) is 30.4 Å². The smallest absolute Gasteiger partial charge is 0.290 e. The van der Waals surface area contributed by atoms with Gasteiger partial charge in [0.25, 0.3) is 5.91 Å². The van der Waals surface area contributed by atoms with Crippen LogP contribution in [-0.4, -0.2) is 20.2 Å². The Morgan fingerprint density at radius 3 is 2.71 bits per heavy atom. The Kier molecular flexibility index (Phi) is 2.66. The Balaban J connectivity index is 1.72. The largest absolute Gasteiger partial charge is 0.343 e. The van der Waals surface area contributed by atoms with Crippen LogP contribution in [0.5, 0.6) is 0 Å². The van der Waals surface area contributed by atoms with Crippen molar-refractivity contribution < 1.29 is 4.79 Å². The Morgan fingerprint density at radius 2 is 1.95 bits per heavy atom. The van der Waals surface area contributed by atoms with Crippen LogP contribution in [0, 0.1) is 0 Å². The van der Waals surface area contributed by atoms with Gasteiger partial charge in [-0.05, 0) is 36.0 Å². The van der Waals surface area contributed by atoms with Crippen LogP contribution in [0.25, 0.3) is 0 Å². The van der Waals surface area contributed by atoms with Crippen molar-refractivity contribution in [3.05, 3.63) is 48.7 Å². The minimum absolute atomic E-state index is 0.137. The predicted molar refractivity (Wildman–Crippen MR) is 88.3 cm³/mol. The van der Waals surface area contributed by atoms with Crippen molar-refractivity contribution in [3.8, 4) is 0 Å². The molecule has 0 aliphatic carbocycles. The van der Waals surface area contributed by atoms with E-state index >= 15 is 0 Å². The summed E-state index contributed by atoms with van der Waals surface area (Å²) in [5.41, 5.74) is 1.57. The van der Waals surface area contributed by atoms with Gasteiger partial charge in [-0.15, -0.1) is 0 Å². The molecule has 2 aliphatic heterocycles. The van der Waals surface area contributed by atoms with Crippen LogP contribution in [0.2, 0.25) is 0 Å². The average Bonchev–Trinajstić information content (AvgIpc) is 2.97. The number of anilines is 3. The average molecular weight is 314 g/mol. The molecule has 104 valence electrons. The molecule has 2 N–H and O–H groups in total. The van der Waals surface area contributed by atoms with Crippen LogP contribution >= 0.6 is 24.0 Å². The fourth-order valence-corrected chi connectivity index (χ4v) is 4.00. The van der Waals surface area contributed by atoms with Gasteiger partial charge in [-0.25, -0.2) is 4.98 Å². The Hall–Kier alpha value is -2.12. The highest BCUT2D eigenvalue weighted by Crippen LogP contribution is 2.45. The third-order valence-corrected chi connectivity index (χ3v) is 4.83. The molecule has 1 unspecified atom stereocenters. The highest BCUT2D eigenvalue weighted by atomic mass is 32.2. The first-order valence-corrected chi connectivity index (χ1v) is 7.56. The summed E-state index contributed by atoms with van der Waals surface area (Å²) in [5.74, 6) is 0.526. The van der Waals surface area contributed by atoms with Gasteiger partial charge in [0.2, 0.25) is 4.99 Å². The standard InChI is InChI=1S/C14H10N4OS2/c19-12-14(16-10-7-4-8-15-11(10)17-14)21-13(20)18(12)9-5-2-1-3-6-9/h1-8,16H,(H,15,17). The van der Waals surface area contributed by atoms with Gasteiger partial charge >= 0.3 is 0 Å². The molecular weight excluding hydrogens is 304 g/mol. The quantitative estimate of drug-likeness (QED) is 0.789. The number of carbonyl (C=O) groups excluding carboxylic acids is 1. The van der Waals surface area contributed by atoms with E-state index in [0.717, 1.165) is 11.4 Å². The minimum atomic E-state index is -0.996. The van der Waals surface area contributed by atoms with Crippen molar-refractivity contribution in [2.75, 3.05) is 15.5 Å². The molecule has 1 saturated heterocycles. The second-order valence-electron chi connectivity index (χ2n) is 4.67. The van der Waals surface area contributed by atoms with E-state index in [4.69, 9.17) is 12.2 Å². The number of fused-ring (bicyclic) bond motifs is 1. The molecule has 21 heavy (non-hydrogen) atoms. The molecule has 2 aromatic rings. The van der Waals surface area contributed by atoms with Crippen molar-refractivity contribution in [2.45, 2.75) is 4.99 Å². The third kappa shape index (κ3) is 1.81. The maximum atomic E-state index is 12.9. The predicted octanol–water partition coefficient (Wildman–Crippen LogP) is 2.64. The van der Waals surface area contributed by atoms with Gasteiger partial charge in [0.1, 0.15) is 0 Å². The molecule has 0 saturated carbocycles. The molecule has 3 heterocycles. The molecule has 1 aromatic carbocycles. The zero-order chi connectivity index (χ0) is 14.4. The van der Waals surface area contributed by atoms with Crippen LogP contribution in [0.3, 0.4) is 0 Å². The summed E-state index contributed by atoms with van der Waals surface area (Å²) in [6.45, 7) is 0. The molecular formula is C14H10N4OS2. The number of aromatic nitrogens is 1. The second-order valence-corrected chi connectivity index (χ2v) is 6.52. The molecule has 5 nitrogen and oxygen atoms in total. The first kappa shape index (κ1) is 12.6. The Bertz CT molecular complexity index is 725. The van der Waals surface area contributed by atoms with E-state index in [0.29, 0.717) is 10.1 Å². The number of benzene rings is 1. The first-order valence-electron chi connectivity index (χ1n) is 6.34. The maximum absolute atomic E-state index is 12.9. The van der Waals surface area contributed by atoms with E-state index in [1.54, 1.807) is 11.1 Å². The molecule has 1 aromatic heterocycles. The van der Waals surface area contributed by atoms with Crippen molar-refractivity contribution in [1.82, 2.24) is 4.98 Å². The number of amides is 1. The number of carbonyl (C=O) groups is 1. The first-order chi connectivity index (χ1) is 10.2. The fraction of sp³-hybridized carbons (Fsp3) is 0.0714. The van der Waals surface area contributed by atoms with Crippen LogP contribution in [0.1, 0.15) is 0 Å². The van der Waals surface area contributed by atoms with E-state index < -0.39 is 4.99 Å². The maximum Gasteiger partial charge on any atom is 0.290 e. The number of nitrogens with one attached hydrogen (secondary N) is 2. The van der Waals surface area contributed by atoms with E-state index in [9.17, 15) is 4.79 Å². The lowest BCUT2D eigenvalue weighted by atomic mass is 10.3. The van der Waals surface area contributed by atoms with E-state index in [1.807, 2.05) is 42.5 Å². The zero-order valence-electron chi connectivity index (χ0n) is 10.7. The third-order valence-electron chi connectivity index (χ3n) is 3.35. The van der Waals surface area contributed by atoms with Gasteiger partial charge in [0.05, 0.1) is 11.4 Å². The highest BCUT2D eigenvalue weighted by Gasteiger charge is 2.55. The SMILES string of the molecule is O=C1N(c2ccccc2)C(=S)SC12Nc1cccnc1N2. The van der Waals surface area contributed by atoms with Gasteiger partial charge in [0, 0.05) is 6.20 Å². The minimum Gasteiger partial charge on any atom is -0.343 e. The molecule has 2 aliphatic rings. The summed E-state index contributed by atoms with van der Waals surface area (Å²) in [4.78, 5) is 17.7. The lowest BCUT2D eigenvalue weighted by molar-refractivity contribution is -0.118. The summed E-state index contributed by atoms with van der Waals surface area (Å²) in [5, 5.41) is 6.35. The monoisotopic (exact) mass is 314 g/mol. The summed E-state index contributed by atoms with van der Waals surface area (Å²) < 4.78 is 0.513. The van der Waals surface area contributed by atoms with Crippen LogP contribution in [0.15, 0.2) is 48.7 Å². The molecule has 7 heteroatoms. The van der Waals surface area contributed by atoms with Gasteiger partial charge in [-0.2, -0.15) is 0 Å². The topological polar surface area (TPSA) is 57.3 Å².